The van der Waals surface area contributed by atoms with Gasteiger partial charge in [-0.25, -0.2) is 13.1 Å². The Labute approximate surface area is 152 Å². The van der Waals surface area contributed by atoms with Gasteiger partial charge in [-0.1, -0.05) is 36.4 Å². The van der Waals surface area contributed by atoms with Gasteiger partial charge < -0.3 is 14.8 Å². The number of sulfonamides is 1. The molecule has 0 aliphatic carbocycles. The lowest BCUT2D eigenvalue weighted by Crippen LogP contribution is -2.38. The van der Waals surface area contributed by atoms with E-state index in [-0.39, 0.29) is 25.1 Å². The number of hydrogen-bond acceptors (Lipinski definition) is 5. The lowest BCUT2D eigenvalue weighted by molar-refractivity contribution is -0.120. The van der Waals surface area contributed by atoms with Crippen molar-refractivity contribution in [2.45, 2.75) is 18.7 Å². The van der Waals surface area contributed by atoms with Gasteiger partial charge in [0.2, 0.25) is 22.7 Å². The summed E-state index contributed by atoms with van der Waals surface area (Å²) in [5.41, 5.74) is 1.50. The van der Waals surface area contributed by atoms with Crippen molar-refractivity contribution in [1.29, 1.82) is 0 Å². The molecule has 138 valence electrons. The highest BCUT2D eigenvalue weighted by Crippen LogP contribution is 2.32. The molecule has 0 saturated heterocycles. The Morgan fingerprint density at radius 2 is 1.85 bits per heavy atom. The SMILES string of the molecule is CC(NC(=O)CNS(=O)(=O)Cc1ccc2c(c1)OCO2)c1ccccc1. The van der Waals surface area contributed by atoms with Crippen molar-refractivity contribution in [3.63, 3.8) is 0 Å². The van der Waals surface area contributed by atoms with Crippen LogP contribution in [0.15, 0.2) is 48.5 Å². The van der Waals surface area contributed by atoms with Crippen LogP contribution in [0.3, 0.4) is 0 Å². The van der Waals surface area contributed by atoms with Crippen molar-refractivity contribution in [1.82, 2.24) is 10.0 Å². The number of nitrogens with one attached hydrogen (secondary N) is 2. The third-order valence-corrected chi connectivity index (χ3v) is 5.22. The highest BCUT2D eigenvalue weighted by atomic mass is 32.2. The minimum atomic E-state index is -3.65. The lowest BCUT2D eigenvalue weighted by atomic mass is 10.1. The predicted octanol–water partition coefficient (Wildman–Crippen LogP) is 1.71. The number of fused-ring (bicyclic) bond motifs is 1. The summed E-state index contributed by atoms with van der Waals surface area (Å²) in [6.45, 7) is 1.65. The molecule has 0 saturated carbocycles. The zero-order valence-corrected chi connectivity index (χ0v) is 15.1. The Balaban J connectivity index is 1.52. The Morgan fingerprint density at radius 1 is 1.12 bits per heavy atom. The van der Waals surface area contributed by atoms with Crippen LogP contribution in [0.4, 0.5) is 0 Å². The first kappa shape index (κ1) is 18.2. The zero-order valence-electron chi connectivity index (χ0n) is 14.3. The molecule has 1 aliphatic heterocycles. The van der Waals surface area contributed by atoms with Crippen LogP contribution in [0.5, 0.6) is 11.5 Å². The van der Waals surface area contributed by atoms with Crippen molar-refractivity contribution in [2.24, 2.45) is 0 Å². The highest BCUT2D eigenvalue weighted by molar-refractivity contribution is 7.88. The Hall–Kier alpha value is -2.58. The molecule has 0 fully saturated rings. The number of hydrogen-bond donors (Lipinski definition) is 2. The van der Waals surface area contributed by atoms with E-state index in [0.717, 1.165) is 5.56 Å². The van der Waals surface area contributed by atoms with E-state index in [4.69, 9.17) is 9.47 Å². The first-order chi connectivity index (χ1) is 12.4. The fraction of sp³-hybridized carbons (Fsp3) is 0.278. The molecular weight excluding hydrogens is 356 g/mol. The van der Waals surface area contributed by atoms with Crippen molar-refractivity contribution < 1.29 is 22.7 Å². The average Bonchev–Trinajstić information content (AvgIpc) is 3.08. The highest BCUT2D eigenvalue weighted by Gasteiger charge is 2.18. The summed E-state index contributed by atoms with van der Waals surface area (Å²) in [7, 11) is -3.65. The number of carbonyl (C=O) groups excluding carboxylic acids is 1. The van der Waals surface area contributed by atoms with Crippen molar-refractivity contribution >= 4 is 15.9 Å². The second-order valence-electron chi connectivity index (χ2n) is 5.97. The lowest BCUT2D eigenvalue weighted by Gasteiger charge is -2.14. The van der Waals surface area contributed by atoms with Gasteiger partial charge in [-0.15, -0.1) is 0 Å². The Kier molecular flexibility index (Phi) is 5.43. The standard InChI is InChI=1S/C18H20N2O5S/c1-13(15-5-3-2-4-6-15)20-18(21)10-19-26(22,23)11-14-7-8-16-17(9-14)25-12-24-16/h2-9,13,19H,10-12H2,1H3,(H,20,21). The van der Waals surface area contributed by atoms with Crippen molar-refractivity contribution in [2.75, 3.05) is 13.3 Å². The topological polar surface area (TPSA) is 93.7 Å². The van der Waals surface area contributed by atoms with E-state index in [1.807, 2.05) is 37.3 Å². The largest absolute Gasteiger partial charge is 0.454 e. The fourth-order valence-electron chi connectivity index (χ4n) is 2.59. The molecule has 1 atom stereocenters. The van der Waals surface area contributed by atoms with Gasteiger partial charge in [0.05, 0.1) is 18.3 Å². The minimum Gasteiger partial charge on any atom is -0.454 e. The van der Waals surface area contributed by atoms with Crippen LogP contribution < -0.4 is 19.5 Å². The maximum absolute atomic E-state index is 12.2. The molecule has 1 amide bonds. The average molecular weight is 376 g/mol. The summed E-state index contributed by atoms with van der Waals surface area (Å²) in [5, 5.41) is 2.76. The normalized spacial score (nSPS) is 14.0. The van der Waals surface area contributed by atoms with E-state index in [1.54, 1.807) is 18.2 Å². The number of carbonyl (C=O) groups is 1. The summed E-state index contributed by atoms with van der Waals surface area (Å²) in [6.07, 6.45) is 0. The first-order valence-electron chi connectivity index (χ1n) is 8.13. The predicted molar refractivity (Wildman–Crippen MR) is 96.2 cm³/mol. The molecule has 1 heterocycles. The van der Waals surface area contributed by atoms with E-state index in [2.05, 4.69) is 10.0 Å². The summed E-state index contributed by atoms with van der Waals surface area (Å²) < 4.78 is 37.1. The summed E-state index contributed by atoms with van der Waals surface area (Å²) >= 11 is 0. The van der Waals surface area contributed by atoms with Gasteiger partial charge >= 0.3 is 0 Å². The van der Waals surface area contributed by atoms with Crippen LogP contribution in [-0.4, -0.2) is 27.7 Å². The van der Waals surface area contributed by atoms with Crippen LogP contribution in [0.1, 0.15) is 24.1 Å². The molecule has 2 aromatic carbocycles. The molecule has 1 aliphatic rings. The van der Waals surface area contributed by atoms with Crippen molar-refractivity contribution in [3.8, 4) is 11.5 Å². The first-order valence-corrected chi connectivity index (χ1v) is 9.78. The quantitative estimate of drug-likeness (QED) is 0.767. The van der Waals surface area contributed by atoms with Gasteiger partial charge in [-0.05, 0) is 30.2 Å². The maximum atomic E-state index is 12.2. The molecule has 7 nitrogen and oxygen atoms in total. The monoisotopic (exact) mass is 376 g/mol. The Morgan fingerprint density at radius 3 is 2.62 bits per heavy atom. The smallest absolute Gasteiger partial charge is 0.235 e. The molecule has 3 rings (SSSR count). The maximum Gasteiger partial charge on any atom is 0.235 e. The molecule has 0 aromatic heterocycles. The number of amides is 1. The number of ether oxygens (including phenoxy) is 2. The molecular formula is C18H20N2O5S. The van der Waals surface area contributed by atoms with E-state index in [9.17, 15) is 13.2 Å². The van der Waals surface area contributed by atoms with E-state index < -0.39 is 15.9 Å². The molecule has 0 spiro atoms. The van der Waals surface area contributed by atoms with Gasteiger partial charge in [0.25, 0.3) is 0 Å². The van der Waals surface area contributed by atoms with Crippen molar-refractivity contribution in [3.05, 3.63) is 59.7 Å². The molecule has 2 N–H and O–H groups in total. The second-order valence-corrected chi connectivity index (χ2v) is 7.77. The third-order valence-electron chi connectivity index (χ3n) is 3.92. The van der Waals surface area contributed by atoms with Gasteiger partial charge in [-0.3, -0.25) is 4.79 Å². The fourth-order valence-corrected chi connectivity index (χ4v) is 3.67. The minimum absolute atomic E-state index is 0.129. The number of benzene rings is 2. The molecule has 0 radical (unpaired) electrons. The van der Waals surface area contributed by atoms with E-state index in [0.29, 0.717) is 17.1 Å². The van der Waals surface area contributed by atoms with Crippen LogP contribution in [0, 0.1) is 0 Å². The van der Waals surface area contributed by atoms with E-state index >= 15 is 0 Å². The molecule has 2 aromatic rings. The zero-order chi connectivity index (χ0) is 18.6. The van der Waals surface area contributed by atoms with Crippen LogP contribution >= 0.6 is 0 Å². The van der Waals surface area contributed by atoms with Gasteiger partial charge in [0, 0.05) is 0 Å². The van der Waals surface area contributed by atoms with E-state index in [1.165, 1.54) is 0 Å². The molecule has 26 heavy (non-hydrogen) atoms. The molecule has 1 unspecified atom stereocenters. The Bertz CT molecular complexity index is 884. The second kappa shape index (κ2) is 7.76. The van der Waals surface area contributed by atoms with Gasteiger partial charge in [0.15, 0.2) is 11.5 Å². The van der Waals surface area contributed by atoms with Crippen LogP contribution in [0.25, 0.3) is 0 Å². The van der Waals surface area contributed by atoms with Gasteiger partial charge in [0.1, 0.15) is 0 Å². The van der Waals surface area contributed by atoms with Crippen LogP contribution in [0.2, 0.25) is 0 Å². The third kappa shape index (κ3) is 4.74. The summed E-state index contributed by atoms with van der Waals surface area (Å²) in [6, 6.07) is 14.2. The summed E-state index contributed by atoms with van der Waals surface area (Å²) in [4.78, 5) is 12.0. The number of rotatable bonds is 7. The summed E-state index contributed by atoms with van der Waals surface area (Å²) in [5.74, 6) is 0.474. The molecule has 0 bridgehead atoms. The molecule has 8 heteroatoms. The van der Waals surface area contributed by atoms with Gasteiger partial charge in [-0.2, -0.15) is 0 Å². The van der Waals surface area contributed by atoms with Crippen LogP contribution in [-0.2, 0) is 20.6 Å².